The van der Waals surface area contributed by atoms with E-state index in [1.165, 1.54) is 10.9 Å². The van der Waals surface area contributed by atoms with E-state index in [2.05, 4.69) is 4.98 Å². The fourth-order valence-electron chi connectivity index (χ4n) is 2.87. The normalized spacial score (nSPS) is 12.3. The molecule has 0 saturated heterocycles. The second-order valence-electron chi connectivity index (χ2n) is 6.48. The molecular formula is C20H21ClN2O3. The van der Waals surface area contributed by atoms with E-state index in [4.69, 9.17) is 16.3 Å². The average Bonchev–Trinajstić information content (AvgIpc) is 2.61. The first-order valence-corrected chi connectivity index (χ1v) is 8.77. The molecule has 1 aromatic heterocycles. The van der Waals surface area contributed by atoms with Crippen LogP contribution < -0.4 is 10.3 Å². The summed E-state index contributed by atoms with van der Waals surface area (Å²) in [7, 11) is 0. The molecule has 0 aliphatic heterocycles. The van der Waals surface area contributed by atoms with Crippen molar-refractivity contribution in [2.45, 2.75) is 33.4 Å². The molecule has 0 radical (unpaired) electrons. The fourth-order valence-corrected chi connectivity index (χ4v) is 3.04. The Kier molecular flexibility index (Phi) is 5.30. The molecule has 3 rings (SSSR count). The third-order valence-corrected chi connectivity index (χ3v) is 4.72. The van der Waals surface area contributed by atoms with Gasteiger partial charge in [0, 0.05) is 5.02 Å². The third-order valence-electron chi connectivity index (χ3n) is 4.49. The van der Waals surface area contributed by atoms with Gasteiger partial charge < -0.3 is 9.84 Å². The van der Waals surface area contributed by atoms with Gasteiger partial charge in [-0.15, -0.1) is 0 Å². The lowest BCUT2D eigenvalue weighted by molar-refractivity contribution is 0.0908. The van der Waals surface area contributed by atoms with Crippen molar-refractivity contribution in [2.75, 3.05) is 6.61 Å². The van der Waals surface area contributed by atoms with Crippen LogP contribution in [0.3, 0.4) is 0 Å². The van der Waals surface area contributed by atoms with Crippen molar-refractivity contribution in [1.82, 2.24) is 9.55 Å². The highest BCUT2D eigenvalue weighted by Gasteiger charge is 2.13. The Hall–Kier alpha value is -2.37. The lowest BCUT2D eigenvalue weighted by atomic mass is 10.1. The zero-order chi connectivity index (χ0) is 18.8. The van der Waals surface area contributed by atoms with Gasteiger partial charge in [0.05, 0.1) is 23.8 Å². The highest BCUT2D eigenvalue weighted by atomic mass is 35.5. The van der Waals surface area contributed by atoms with Crippen LogP contribution in [-0.2, 0) is 6.54 Å². The molecule has 0 unspecified atom stereocenters. The molecule has 0 aliphatic carbocycles. The fraction of sp³-hybridized carbons (Fsp3) is 0.300. The summed E-state index contributed by atoms with van der Waals surface area (Å²) in [5, 5.41) is 11.2. The SMILES string of the molecule is Cc1ccc(C)c(OC[C@H](O)Cn2cnc3ccc(Cl)cc3c2=O)c1C. The summed E-state index contributed by atoms with van der Waals surface area (Å²) in [4.78, 5) is 16.8. The first-order valence-electron chi connectivity index (χ1n) is 8.39. The molecular weight excluding hydrogens is 352 g/mol. The van der Waals surface area contributed by atoms with Crippen LogP contribution in [0.15, 0.2) is 41.5 Å². The van der Waals surface area contributed by atoms with E-state index in [-0.39, 0.29) is 18.7 Å². The van der Waals surface area contributed by atoms with Crippen LogP contribution in [0.4, 0.5) is 0 Å². The Morgan fingerprint density at radius 3 is 2.69 bits per heavy atom. The van der Waals surface area contributed by atoms with Gasteiger partial charge in [0.15, 0.2) is 0 Å². The van der Waals surface area contributed by atoms with Crippen molar-refractivity contribution in [3.8, 4) is 5.75 Å². The maximum absolute atomic E-state index is 12.6. The van der Waals surface area contributed by atoms with Crippen LogP contribution in [0, 0.1) is 20.8 Å². The second kappa shape index (κ2) is 7.48. The van der Waals surface area contributed by atoms with Crippen molar-refractivity contribution >= 4 is 22.5 Å². The molecule has 1 N–H and O–H groups in total. The number of ether oxygens (including phenoxy) is 1. The van der Waals surface area contributed by atoms with Gasteiger partial charge in [-0.3, -0.25) is 9.36 Å². The van der Waals surface area contributed by atoms with Gasteiger partial charge in [-0.25, -0.2) is 4.98 Å². The molecule has 0 aliphatic rings. The van der Waals surface area contributed by atoms with Crippen LogP contribution in [-0.4, -0.2) is 27.4 Å². The summed E-state index contributed by atoms with van der Waals surface area (Å²) in [5.41, 5.74) is 3.54. The number of nitrogens with zero attached hydrogens (tertiary/aromatic N) is 2. The number of aliphatic hydroxyl groups excluding tert-OH is 1. The predicted molar refractivity (Wildman–Crippen MR) is 103 cm³/mol. The first kappa shape index (κ1) is 18.4. The lowest BCUT2D eigenvalue weighted by Crippen LogP contribution is -2.30. The Morgan fingerprint density at radius 2 is 1.92 bits per heavy atom. The zero-order valence-electron chi connectivity index (χ0n) is 15.0. The summed E-state index contributed by atoms with van der Waals surface area (Å²) in [6.07, 6.45) is 0.593. The molecule has 1 heterocycles. The van der Waals surface area contributed by atoms with Crippen LogP contribution >= 0.6 is 11.6 Å². The number of hydrogen-bond acceptors (Lipinski definition) is 4. The van der Waals surface area contributed by atoms with Gasteiger partial charge in [0.25, 0.3) is 5.56 Å². The number of halogens is 1. The van der Waals surface area contributed by atoms with E-state index in [1.54, 1.807) is 18.2 Å². The Bertz CT molecular complexity index is 1010. The van der Waals surface area contributed by atoms with Gasteiger partial charge in [-0.2, -0.15) is 0 Å². The number of fused-ring (bicyclic) bond motifs is 1. The van der Waals surface area contributed by atoms with Crippen LogP contribution in [0.25, 0.3) is 10.9 Å². The van der Waals surface area contributed by atoms with Gasteiger partial charge in [-0.05, 0) is 55.7 Å². The van der Waals surface area contributed by atoms with Gasteiger partial charge >= 0.3 is 0 Å². The number of hydrogen-bond donors (Lipinski definition) is 1. The van der Waals surface area contributed by atoms with E-state index in [1.807, 2.05) is 32.9 Å². The van der Waals surface area contributed by atoms with E-state index in [0.717, 1.165) is 22.4 Å². The lowest BCUT2D eigenvalue weighted by Gasteiger charge is -2.17. The molecule has 0 bridgehead atoms. The highest BCUT2D eigenvalue weighted by molar-refractivity contribution is 6.31. The van der Waals surface area contributed by atoms with Crippen molar-refractivity contribution in [1.29, 1.82) is 0 Å². The number of rotatable bonds is 5. The van der Waals surface area contributed by atoms with Crippen molar-refractivity contribution in [3.63, 3.8) is 0 Å². The topological polar surface area (TPSA) is 64.3 Å². The highest BCUT2D eigenvalue weighted by Crippen LogP contribution is 2.25. The van der Waals surface area contributed by atoms with Gasteiger partial charge in [0.2, 0.25) is 0 Å². The van der Waals surface area contributed by atoms with Crippen molar-refractivity contribution in [2.24, 2.45) is 0 Å². The van der Waals surface area contributed by atoms with E-state index >= 15 is 0 Å². The Balaban J connectivity index is 1.76. The summed E-state index contributed by atoms with van der Waals surface area (Å²) < 4.78 is 7.20. The Labute approximate surface area is 156 Å². The number of aromatic nitrogens is 2. The predicted octanol–water partition coefficient (Wildman–Crippen LogP) is 3.42. The minimum Gasteiger partial charge on any atom is -0.490 e. The zero-order valence-corrected chi connectivity index (χ0v) is 15.7. The maximum atomic E-state index is 12.6. The molecule has 0 amide bonds. The van der Waals surface area contributed by atoms with E-state index in [9.17, 15) is 9.90 Å². The Morgan fingerprint density at radius 1 is 1.19 bits per heavy atom. The van der Waals surface area contributed by atoms with Crippen molar-refractivity contribution in [3.05, 3.63) is 68.7 Å². The van der Waals surface area contributed by atoms with E-state index < -0.39 is 6.10 Å². The molecule has 2 aromatic carbocycles. The molecule has 26 heavy (non-hydrogen) atoms. The minimum atomic E-state index is -0.842. The number of aryl methyl sites for hydroxylation is 2. The van der Waals surface area contributed by atoms with Crippen molar-refractivity contribution < 1.29 is 9.84 Å². The molecule has 136 valence electrons. The monoisotopic (exact) mass is 372 g/mol. The molecule has 0 saturated carbocycles. The summed E-state index contributed by atoms with van der Waals surface area (Å²) in [6.45, 7) is 6.16. The quantitative estimate of drug-likeness (QED) is 0.745. The smallest absolute Gasteiger partial charge is 0.261 e. The summed E-state index contributed by atoms with van der Waals surface area (Å²) in [6, 6.07) is 9.01. The van der Waals surface area contributed by atoms with Crippen LogP contribution in [0.5, 0.6) is 5.75 Å². The van der Waals surface area contributed by atoms with E-state index in [0.29, 0.717) is 15.9 Å². The van der Waals surface area contributed by atoms with Gasteiger partial charge in [-0.1, -0.05) is 23.7 Å². The maximum Gasteiger partial charge on any atom is 0.261 e. The largest absolute Gasteiger partial charge is 0.490 e. The van der Waals surface area contributed by atoms with Crippen LogP contribution in [0.1, 0.15) is 16.7 Å². The summed E-state index contributed by atoms with van der Waals surface area (Å²) >= 11 is 5.96. The molecule has 1 atom stereocenters. The minimum absolute atomic E-state index is 0.0884. The van der Waals surface area contributed by atoms with Crippen LogP contribution in [0.2, 0.25) is 5.02 Å². The number of benzene rings is 2. The molecule has 0 spiro atoms. The molecule has 3 aromatic rings. The molecule has 6 heteroatoms. The number of aliphatic hydroxyl groups is 1. The molecule has 0 fully saturated rings. The standard InChI is InChI=1S/C20H21ClN2O3/c1-12-4-5-13(2)19(14(12)3)26-10-16(24)9-23-11-22-18-7-6-15(21)8-17(18)20(23)25/h4-8,11,16,24H,9-10H2,1-3H3/t16-/m1/s1. The molecule has 5 nitrogen and oxygen atoms in total. The summed E-state index contributed by atoms with van der Waals surface area (Å²) in [5.74, 6) is 0.778. The average molecular weight is 373 g/mol. The third kappa shape index (κ3) is 3.74. The van der Waals surface area contributed by atoms with Gasteiger partial charge in [0.1, 0.15) is 18.5 Å². The second-order valence-corrected chi connectivity index (χ2v) is 6.92. The first-order chi connectivity index (χ1) is 12.4.